The molecule has 0 aliphatic carbocycles. The normalized spacial score (nSPS) is 12.0. The highest BCUT2D eigenvalue weighted by Gasteiger charge is 2.13. The van der Waals surface area contributed by atoms with E-state index in [9.17, 15) is 5.11 Å². The third kappa shape index (κ3) is 7.86. The fourth-order valence-electron chi connectivity index (χ4n) is 2.58. The molecule has 5 nitrogen and oxygen atoms in total. The van der Waals surface area contributed by atoms with Crippen LogP contribution in [0.1, 0.15) is 25.0 Å². The highest BCUT2D eigenvalue weighted by molar-refractivity contribution is 6.32. The molecule has 2 rings (SSSR count). The van der Waals surface area contributed by atoms with Gasteiger partial charge in [0.2, 0.25) is 0 Å². The molecular weight excluding hydrogens is 399 g/mol. The Bertz CT molecular complexity index is 724. The Morgan fingerprint density at radius 1 is 1.00 bits per heavy atom. The number of nitrogens with one attached hydrogen (secondary N) is 2. The molecule has 0 amide bonds. The predicted molar refractivity (Wildman–Crippen MR) is 115 cm³/mol. The Labute approximate surface area is 177 Å². The Kier molecular flexibility index (Phi) is 9.88. The third-order valence-corrected chi connectivity index (χ3v) is 4.45. The minimum atomic E-state index is -0.340. The van der Waals surface area contributed by atoms with Gasteiger partial charge in [-0.25, -0.2) is 0 Å². The standard InChI is InChI=1S/C21H28Cl2N2O3/c1-3-27-20-11-17(13-25-9-8-24-12-15(2)26)10-19(23)21(20)28-14-16-4-6-18(22)7-5-16/h4-7,10-11,15,24-26H,3,8-9,12-14H2,1-2H3/t15-/m1/s1. The monoisotopic (exact) mass is 426 g/mol. The molecular formula is C21H28Cl2N2O3. The smallest absolute Gasteiger partial charge is 0.180 e. The maximum atomic E-state index is 9.22. The van der Waals surface area contributed by atoms with Crippen molar-refractivity contribution in [1.82, 2.24) is 10.6 Å². The predicted octanol–water partition coefficient (Wildman–Crippen LogP) is 4.03. The first-order valence-electron chi connectivity index (χ1n) is 9.41. The summed E-state index contributed by atoms with van der Waals surface area (Å²) in [7, 11) is 0. The third-order valence-electron chi connectivity index (χ3n) is 3.91. The van der Waals surface area contributed by atoms with Crippen molar-refractivity contribution in [3.8, 4) is 11.5 Å². The van der Waals surface area contributed by atoms with Crippen LogP contribution in [-0.4, -0.2) is 37.5 Å². The largest absolute Gasteiger partial charge is 0.490 e. The molecule has 28 heavy (non-hydrogen) atoms. The Morgan fingerprint density at radius 3 is 2.39 bits per heavy atom. The number of hydrogen-bond acceptors (Lipinski definition) is 5. The van der Waals surface area contributed by atoms with E-state index in [1.807, 2.05) is 43.3 Å². The SMILES string of the molecule is CCOc1cc(CNCCNC[C@@H](C)O)cc(Cl)c1OCc1ccc(Cl)cc1. The number of halogens is 2. The zero-order valence-corrected chi connectivity index (χ0v) is 17.8. The van der Waals surface area contributed by atoms with Gasteiger partial charge in [-0.1, -0.05) is 35.3 Å². The summed E-state index contributed by atoms with van der Waals surface area (Å²) in [6.45, 7) is 7.39. The highest BCUT2D eigenvalue weighted by atomic mass is 35.5. The van der Waals surface area contributed by atoms with Crippen molar-refractivity contribution >= 4 is 23.2 Å². The average molecular weight is 427 g/mol. The number of ether oxygens (including phenoxy) is 2. The van der Waals surface area contributed by atoms with Crippen molar-refractivity contribution in [3.05, 3.63) is 57.6 Å². The van der Waals surface area contributed by atoms with Crippen LogP contribution >= 0.6 is 23.2 Å². The second kappa shape index (κ2) is 12.1. The van der Waals surface area contributed by atoms with Gasteiger partial charge in [0.05, 0.1) is 17.7 Å². The maximum absolute atomic E-state index is 9.22. The van der Waals surface area contributed by atoms with Gasteiger partial charge in [0.25, 0.3) is 0 Å². The van der Waals surface area contributed by atoms with E-state index in [0.29, 0.717) is 47.8 Å². The molecule has 154 valence electrons. The summed E-state index contributed by atoms with van der Waals surface area (Å²) >= 11 is 12.4. The number of rotatable bonds is 12. The van der Waals surface area contributed by atoms with Crippen LogP contribution in [0, 0.1) is 0 Å². The van der Waals surface area contributed by atoms with Gasteiger partial charge in [0.15, 0.2) is 11.5 Å². The van der Waals surface area contributed by atoms with E-state index in [1.165, 1.54) is 0 Å². The van der Waals surface area contributed by atoms with E-state index in [1.54, 1.807) is 6.92 Å². The van der Waals surface area contributed by atoms with Crippen molar-refractivity contribution in [1.29, 1.82) is 0 Å². The molecule has 0 heterocycles. The van der Waals surface area contributed by atoms with E-state index in [4.69, 9.17) is 32.7 Å². The molecule has 0 bridgehead atoms. The molecule has 3 N–H and O–H groups in total. The van der Waals surface area contributed by atoms with Crippen LogP contribution in [0.4, 0.5) is 0 Å². The van der Waals surface area contributed by atoms with Crippen LogP contribution in [-0.2, 0) is 13.2 Å². The Morgan fingerprint density at radius 2 is 1.71 bits per heavy atom. The molecule has 7 heteroatoms. The molecule has 0 unspecified atom stereocenters. The number of aliphatic hydroxyl groups excluding tert-OH is 1. The van der Waals surface area contributed by atoms with E-state index in [2.05, 4.69) is 10.6 Å². The number of aliphatic hydroxyl groups is 1. The lowest BCUT2D eigenvalue weighted by atomic mass is 10.2. The zero-order chi connectivity index (χ0) is 20.4. The molecule has 0 saturated heterocycles. The van der Waals surface area contributed by atoms with Gasteiger partial charge in [0, 0.05) is 31.2 Å². The molecule has 0 saturated carbocycles. The summed E-state index contributed by atoms with van der Waals surface area (Å²) in [4.78, 5) is 0. The number of benzene rings is 2. The molecule has 0 radical (unpaired) electrons. The average Bonchev–Trinajstić information content (AvgIpc) is 2.65. The van der Waals surface area contributed by atoms with Gasteiger partial charge in [0.1, 0.15) is 6.61 Å². The van der Waals surface area contributed by atoms with E-state index >= 15 is 0 Å². The molecule has 0 aliphatic heterocycles. The van der Waals surface area contributed by atoms with Crippen LogP contribution in [0.5, 0.6) is 11.5 Å². The van der Waals surface area contributed by atoms with E-state index in [-0.39, 0.29) is 6.10 Å². The quantitative estimate of drug-likeness (QED) is 0.447. The molecule has 0 aromatic heterocycles. The first kappa shape index (κ1) is 22.8. The first-order chi connectivity index (χ1) is 13.5. The van der Waals surface area contributed by atoms with Gasteiger partial charge >= 0.3 is 0 Å². The summed E-state index contributed by atoms with van der Waals surface area (Å²) in [5, 5.41) is 16.9. The fourth-order valence-corrected chi connectivity index (χ4v) is 3.00. The van der Waals surface area contributed by atoms with Crippen LogP contribution in [0.2, 0.25) is 10.0 Å². The topological polar surface area (TPSA) is 62.8 Å². The highest BCUT2D eigenvalue weighted by Crippen LogP contribution is 2.37. The van der Waals surface area contributed by atoms with Crippen molar-refractivity contribution in [2.75, 3.05) is 26.2 Å². The minimum absolute atomic E-state index is 0.340. The lowest BCUT2D eigenvalue weighted by Gasteiger charge is -2.16. The summed E-state index contributed by atoms with van der Waals surface area (Å²) < 4.78 is 11.7. The fraction of sp³-hybridized carbons (Fsp3) is 0.429. The number of hydrogen-bond donors (Lipinski definition) is 3. The van der Waals surface area contributed by atoms with Crippen molar-refractivity contribution in [3.63, 3.8) is 0 Å². The molecule has 2 aromatic rings. The maximum Gasteiger partial charge on any atom is 0.180 e. The minimum Gasteiger partial charge on any atom is -0.490 e. The summed E-state index contributed by atoms with van der Waals surface area (Å²) in [6.07, 6.45) is -0.340. The van der Waals surface area contributed by atoms with Crippen LogP contribution in [0.3, 0.4) is 0 Å². The van der Waals surface area contributed by atoms with Gasteiger partial charge in [-0.05, 0) is 49.2 Å². The first-order valence-corrected chi connectivity index (χ1v) is 10.2. The summed E-state index contributed by atoms with van der Waals surface area (Å²) in [5.41, 5.74) is 2.01. The second-order valence-electron chi connectivity index (χ2n) is 6.48. The van der Waals surface area contributed by atoms with E-state index < -0.39 is 0 Å². The van der Waals surface area contributed by atoms with Gasteiger partial charge in [-0.2, -0.15) is 0 Å². The van der Waals surface area contributed by atoms with Crippen molar-refractivity contribution < 1.29 is 14.6 Å². The van der Waals surface area contributed by atoms with Gasteiger partial charge < -0.3 is 25.2 Å². The molecule has 0 spiro atoms. The molecule has 0 aliphatic rings. The Balaban J connectivity index is 1.95. The zero-order valence-electron chi connectivity index (χ0n) is 16.3. The molecule has 1 atom stereocenters. The summed E-state index contributed by atoms with van der Waals surface area (Å²) in [6, 6.07) is 11.3. The van der Waals surface area contributed by atoms with Crippen molar-refractivity contribution in [2.45, 2.75) is 33.1 Å². The van der Waals surface area contributed by atoms with Crippen LogP contribution in [0.25, 0.3) is 0 Å². The lowest BCUT2D eigenvalue weighted by Crippen LogP contribution is -2.31. The van der Waals surface area contributed by atoms with Crippen molar-refractivity contribution in [2.24, 2.45) is 0 Å². The lowest BCUT2D eigenvalue weighted by molar-refractivity contribution is 0.191. The van der Waals surface area contributed by atoms with Gasteiger partial charge in [-0.3, -0.25) is 0 Å². The second-order valence-corrected chi connectivity index (χ2v) is 7.33. The van der Waals surface area contributed by atoms with E-state index in [0.717, 1.165) is 24.2 Å². The van der Waals surface area contributed by atoms with Gasteiger partial charge in [-0.15, -0.1) is 0 Å². The Hall–Kier alpha value is -1.50. The van der Waals surface area contributed by atoms with Crippen LogP contribution < -0.4 is 20.1 Å². The van der Waals surface area contributed by atoms with Crippen LogP contribution in [0.15, 0.2) is 36.4 Å². The molecule has 2 aromatic carbocycles. The summed E-state index contributed by atoms with van der Waals surface area (Å²) in [5.74, 6) is 1.17. The molecule has 0 fully saturated rings.